The van der Waals surface area contributed by atoms with E-state index in [2.05, 4.69) is 0 Å². The first-order chi connectivity index (χ1) is 6.28. The van der Waals surface area contributed by atoms with E-state index in [0.29, 0.717) is 6.61 Å². The highest BCUT2D eigenvalue weighted by Crippen LogP contribution is 2.30. The van der Waals surface area contributed by atoms with Gasteiger partial charge in [0.25, 0.3) is 0 Å². The van der Waals surface area contributed by atoms with Crippen molar-refractivity contribution < 1.29 is 19.4 Å². The Morgan fingerprint density at radius 1 is 1.57 bits per heavy atom. The van der Waals surface area contributed by atoms with Crippen molar-refractivity contribution in [1.82, 2.24) is 0 Å². The average Bonchev–Trinajstić information content (AvgIpc) is 2.44. The number of ether oxygens (including phenoxy) is 2. The van der Waals surface area contributed by atoms with Crippen LogP contribution in [0.15, 0.2) is 0 Å². The molecule has 1 rings (SSSR count). The number of rotatable bonds is 3. The standard InChI is InChI=1S/C10H18O4/c1-9(2,6-11)8(12)7-5-13-10(3,4)14-7/h6-8,12H,5H2,1-4H3/t7-,8-/m1/s1. The van der Waals surface area contributed by atoms with Crippen LogP contribution in [0.4, 0.5) is 0 Å². The zero-order valence-corrected chi connectivity index (χ0v) is 9.11. The van der Waals surface area contributed by atoms with Crippen LogP contribution in [0.5, 0.6) is 0 Å². The molecule has 0 amide bonds. The van der Waals surface area contributed by atoms with Crippen molar-refractivity contribution in [2.75, 3.05) is 6.61 Å². The molecular formula is C10H18O4. The molecule has 1 heterocycles. The van der Waals surface area contributed by atoms with Gasteiger partial charge in [-0.1, -0.05) is 13.8 Å². The summed E-state index contributed by atoms with van der Waals surface area (Å²) in [6.07, 6.45) is -0.515. The minimum Gasteiger partial charge on any atom is -0.389 e. The lowest BCUT2D eigenvalue weighted by atomic mass is 9.85. The van der Waals surface area contributed by atoms with Crippen LogP contribution in [0, 0.1) is 5.41 Å². The molecule has 1 aliphatic heterocycles. The Morgan fingerprint density at radius 2 is 2.14 bits per heavy atom. The van der Waals surface area contributed by atoms with E-state index in [1.54, 1.807) is 27.7 Å². The fourth-order valence-electron chi connectivity index (χ4n) is 1.42. The quantitative estimate of drug-likeness (QED) is 0.685. The zero-order valence-electron chi connectivity index (χ0n) is 9.11. The van der Waals surface area contributed by atoms with Gasteiger partial charge in [-0.15, -0.1) is 0 Å². The van der Waals surface area contributed by atoms with Crippen molar-refractivity contribution in [3.8, 4) is 0 Å². The lowest BCUT2D eigenvalue weighted by Crippen LogP contribution is -2.42. The molecule has 1 N–H and O–H groups in total. The summed E-state index contributed by atoms with van der Waals surface area (Å²) in [4.78, 5) is 10.7. The summed E-state index contributed by atoms with van der Waals surface area (Å²) in [7, 11) is 0. The first-order valence-corrected chi connectivity index (χ1v) is 4.75. The van der Waals surface area contributed by atoms with E-state index in [9.17, 15) is 9.90 Å². The van der Waals surface area contributed by atoms with E-state index < -0.39 is 23.4 Å². The van der Waals surface area contributed by atoms with Gasteiger partial charge >= 0.3 is 0 Å². The Labute approximate surface area is 84.2 Å². The molecule has 1 saturated heterocycles. The largest absolute Gasteiger partial charge is 0.389 e. The lowest BCUT2D eigenvalue weighted by molar-refractivity contribution is -0.162. The van der Waals surface area contributed by atoms with Crippen LogP contribution in [0.25, 0.3) is 0 Å². The second kappa shape index (κ2) is 3.61. The maximum absolute atomic E-state index is 10.7. The van der Waals surface area contributed by atoms with Crippen LogP contribution >= 0.6 is 0 Å². The second-order valence-corrected chi connectivity index (χ2v) is 4.75. The summed E-state index contributed by atoms with van der Waals surface area (Å²) in [6, 6.07) is 0. The molecule has 1 aliphatic rings. The molecule has 0 bridgehead atoms. The fraction of sp³-hybridized carbons (Fsp3) is 0.900. The van der Waals surface area contributed by atoms with Crippen LogP contribution in [-0.4, -0.2) is 36.0 Å². The first kappa shape index (κ1) is 11.6. The molecule has 0 aromatic heterocycles. The third-order valence-electron chi connectivity index (χ3n) is 2.45. The highest BCUT2D eigenvalue weighted by molar-refractivity contribution is 5.59. The summed E-state index contributed by atoms with van der Waals surface area (Å²) < 4.78 is 10.8. The minimum absolute atomic E-state index is 0.325. The van der Waals surface area contributed by atoms with Gasteiger partial charge in [-0.2, -0.15) is 0 Å². The predicted octanol–water partition coefficient (Wildman–Crippen LogP) is 0.724. The Balaban J connectivity index is 2.64. The molecule has 0 aromatic rings. The van der Waals surface area contributed by atoms with Gasteiger partial charge in [0, 0.05) is 5.41 Å². The molecule has 2 atom stereocenters. The normalized spacial score (nSPS) is 28.8. The summed E-state index contributed by atoms with van der Waals surface area (Å²) >= 11 is 0. The zero-order chi connectivity index (χ0) is 11.0. The number of hydrogen-bond donors (Lipinski definition) is 1. The molecular weight excluding hydrogens is 184 g/mol. The average molecular weight is 202 g/mol. The van der Waals surface area contributed by atoms with Crippen LogP contribution in [0.2, 0.25) is 0 Å². The maximum Gasteiger partial charge on any atom is 0.163 e. The van der Waals surface area contributed by atoms with E-state index >= 15 is 0 Å². The van der Waals surface area contributed by atoms with E-state index in [1.807, 2.05) is 0 Å². The molecule has 0 unspecified atom stereocenters. The van der Waals surface area contributed by atoms with Crippen molar-refractivity contribution in [2.45, 2.75) is 45.7 Å². The molecule has 0 aliphatic carbocycles. The van der Waals surface area contributed by atoms with Gasteiger partial charge in [0.15, 0.2) is 5.79 Å². The lowest BCUT2D eigenvalue weighted by Gasteiger charge is -2.28. The molecule has 4 heteroatoms. The molecule has 0 spiro atoms. The van der Waals surface area contributed by atoms with E-state index in [4.69, 9.17) is 9.47 Å². The van der Waals surface area contributed by atoms with Crippen LogP contribution in [-0.2, 0) is 14.3 Å². The highest BCUT2D eigenvalue weighted by Gasteiger charge is 2.42. The molecule has 0 radical (unpaired) electrons. The number of aliphatic hydroxyl groups is 1. The van der Waals surface area contributed by atoms with Gasteiger partial charge in [-0.05, 0) is 13.8 Å². The minimum atomic E-state index is -0.832. The van der Waals surface area contributed by atoms with E-state index in [1.165, 1.54) is 0 Å². The maximum atomic E-state index is 10.7. The van der Waals surface area contributed by atoms with Gasteiger partial charge in [-0.25, -0.2) is 0 Å². The van der Waals surface area contributed by atoms with Crippen molar-refractivity contribution in [3.63, 3.8) is 0 Å². The van der Waals surface area contributed by atoms with Gasteiger partial charge < -0.3 is 19.4 Å². The summed E-state index contributed by atoms with van der Waals surface area (Å²) in [6.45, 7) is 7.26. The van der Waals surface area contributed by atoms with Crippen LogP contribution in [0.1, 0.15) is 27.7 Å². The Morgan fingerprint density at radius 3 is 2.50 bits per heavy atom. The van der Waals surface area contributed by atoms with E-state index in [0.717, 1.165) is 6.29 Å². The van der Waals surface area contributed by atoms with Gasteiger partial charge in [0.1, 0.15) is 12.4 Å². The SMILES string of the molecule is CC1(C)OC[C@H]([C@@H](O)C(C)(C)C=O)O1. The molecule has 0 aromatic carbocycles. The van der Waals surface area contributed by atoms with Crippen LogP contribution < -0.4 is 0 Å². The highest BCUT2D eigenvalue weighted by atomic mass is 16.7. The van der Waals surface area contributed by atoms with Crippen molar-refractivity contribution in [2.24, 2.45) is 5.41 Å². The van der Waals surface area contributed by atoms with Crippen LogP contribution in [0.3, 0.4) is 0 Å². The van der Waals surface area contributed by atoms with E-state index in [-0.39, 0.29) is 0 Å². The molecule has 1 fully saturated rings. The molecule has 4 nitrogen and oxygen atoms in total. The number of aliphatic hydroxyl groups excluding tert-OH is 1. The first-order valence-electron chi connectivity index (χ1n) is 4.75. The monoisotopic (exact) mass is 202 g/mol. The number of aldehydes is 1. The van der Waals surface area contributed by atoms with Crippen molar-refractivity contribution >= 4 is 6.29 Å². The number of carbonyl (C=O) groups is 1. The third kappa shape index (κ3) is 2.32. The Kier molecular flexibility index (Phi) is 2.99. The van der Waals surface area contributed by atoms with Crippen molar-refractivity contribution in [1.29, 1.82) is 0 Å². The Hall–Kier alpha value is -0.450. The Bertz CT molecular complexity index is 222. The molecule has 0 saturated carbocycles. The molecule has 82 valence electrons. The topological polar surface area (TPSA) is 55.8 Å². The van der Waals surface area contributed by atoms with Gasteiger partial charge in [0.05, 0.1) is 12.7 Å². The number of hydrogen-bond acceptors (Lipinski definition) is 4. The van der Waals surface area contributed by atoms with Gasteiger partial charge in [0.2, 0.25) is 0 Å². The van der Waals surface area contributed by atoms with Crippen molar-refractivity contribution in [3.05, 3.63) is 0 Å². The van der Waals surface area contributed by atoms with Gasteiger partial charge in [-0.3, -0.25) is 0 Å². The summed E-state index contributed by atoms with van der Waals surface area (Å²) in [5.74, 6) is -0.662. The predicted molar refractivity (Wildman–Crippen MR) is 50.8 cm³/mol. The fourth-order valence-corrected chi connectivity index (χ4v) is 1.42. The summed E-state index contributed by atoms with van der Waals surface area (Å²) in [5.41, 5.74) is -0.797. The molecule has 14 heavy (non-hydrogen) atoms. The number of carbonyl (C=O) groups excluding carboxylic acids is 1. The second-order valence-electron chi connectivity index (χ2n) is 4.75. The smallest absolute Gasteiger partial charge is 0.163 e. The summed E-state index contributed by atoms with van der Waals surface area (Å²) in [5, 5.41) is 9.87. The third-order valence-corrected chi connectivity index (χ3v) is 2.45.